The molecule has 1 amide bonds. The zero-order valence-electron chi connectivity index (χ0n) is 12.6. The number of carbonyl (C=O) groups excluding carboxylic acids is 1. The Balaban J connectivity index is 2.05. The van der Waals surface area contributed by atoms with Crippen molar-refractivity contribution in [2.75, 3.05) is 12.3 Å². The first kappa shape index (κ1) is 17.4. The van der Waals surface area contributed by atoms with Crippen molar-refractivity contribution < 1.29 is 18.0 Å². The molecule has 0 unspecified atom stereocenters. The summed E-state index contributed by atoms with van der Waals surface area (Å²) in [5.41, 5.74) is 3.13. The van der Waals surface area contributed by atoms with Crippen LogP contribution >= 0.6 is 11.8 Å². The van der Waals surface area contributed by atoms with E-state index in [2.05, 4.69) is 4.98 Å². The predicted octanol–water partition coefficient (Wildman–Crippen LogP) is 3.26. The summed E-state index contributed by atoms with van der Waals surface area (Å²) in [5.74, 6) is -0.805. The zero-order chi connectivity index (χ0) is 17.0. The van der Waals surface area contributed by atoms with Crippen molar-refractivity contribution in [2.45, 2.75) is 25.2 Å². The van der Waals surface area contributed by atoms with E-state index in [1.807, 2.05) is 41.9 Å². The number of benzene rings is 1. The number of nitrogens with one attached hydrogen (secondary N) is 1. The van der Waals surface area contributed by atoms with Gasteiger partial charge < -0.3 is 5.32 Å². The maximum Gasteiger partial charge on any atom is 0.405 e. The minimum Gasteiger partial charge on any atom is -0.346 e. The van der Waals surface area contributed by atoms with E-state index in [-0.39, 0.29) is 5.75 Å². The quantitative estimate of drug-likeness (QED) is 0.848. The molecular formula is C15H16F3N3OS. The van der Waals surface area contributed by atoms with Crippen LogP contribution in [0.4, 0.5) is 13.2 Å². The van der Waals surface area contributed by atoms with Crippen molar-refractivity contribution in [3.63, 3.8) is 0 Å². The summed E-state index contributed by atoms with van der Waals surface area (Å²) < 4.78 is 38.0. The number of amides is 1. The molecule has 2 rings (SSSR count). The number of aromatic nitrogens is 2. The van der Waals surface area contributed by atoms with Crippen molar-refractivity contribution in [2.24, 2.45) is 0 Å². The molecule has 0 radical (unpaired) electrons. The summed E-state index contributed by atoms with van der Waals surface area (Å²) in [4.78, 5) is 15.7. The number of hydrogen-bond donors (Lipinski definition) is 1. The molecule has 1 aromatic carbocycles. The molecule has 0 aliphatic heterocycles. The molecule has 0 fully saturated rings. The van der Waals surface area contributed by atoms with Crippen molar-refractivity contribution in [3.8, 4) is 5.69 Å². The fourth-order valence-electron chi connectivity index (χ4n) is 1.96. The van der Waals surface area contributed by atoms with Crippen LogP contribution < -0.4 is 5.32 Å². The SMILES string of the molecule is Cc1cccc(-n2ccnc2SCC(=O)NCC(F)(F)F)c1C. The van der Waals surface area contributed by atoms with Crippen LogP contribution in [0.1, 0.15) is 11.1 Å². The summed E-state index contributed by atoms with van der Waals surface area (Å²) in [7, 11) is 0. The van der Waals surface area contributed by atoms with Crippen LogP contribution in [0.25, 0.3) is 5.69 Å². The molecule has 124 valence electrons. The van der Waals surface area contributed by atoms with Gasteiger partial charge in [-0.25, -0.2) is 4.98 Å². The second-order valence-electron chi connectivity index (χ2n) is 4.98. The Morgan fingerprint density at radius 2 is 2.09 bits per heavy atom. The molecule has 0 bridgehead atoms. The third-order valence-corrected chi connectivity index (χ3v) is 4.23. The van der Waals surface area contributed by atoms with E-state index in [0.29, 0.717) is 5.16 Å². The Morgan fingerprint density at radius 3 is 2.78 bits per heavy atom. The highest BCUT2D eigenvalue weighted by atomic mass is 32.2. The largest absolute Gasteiger partial charge is 0.405 e. The van der Waals surface area contributed by atoms with E-state index in [9.17, 15) is 18.0 Å². The summed E-state index contributed by atoms with van der Waals surface area (Å²) in [6.45, 7) is 2.65. The molecule has 23 heavy (non-hydrogen) atoms. The number of rotatable bonds is 5. The molecule has 0 saturated carbocycles. The number of nitrogens with zero attached hydrogens (tertiary/aromatic N) is 2. The number of halogens is 3. The summed E-state index contributed by atoms with van der Waals surface area (Å²) in [5, 5.41) is 2.40. The fraction of sp³-hybridized carbons (Fsp3) is 0.333. The fourth-order valence-corrected chi connectivity index (χ4v) is 2.75. The van der Waals surface area contributed by atoms with E-state index in [4.69, 9.17) is 0 Å². The van der Waals surface area contributed by atoms with Gasteiger partial charge in [-0.3, -0.25) is 9.36 Å². The zero-order valence-corrected chi connectivity index (χ0v) is 13.5. The van der Waals surface area contributed by atoms with Gasteiger partial charge in [-0.15, -0.1) is 0 Å². The first-order valence-electron chi connectivity index (χ1n) is 6.84. The molecule has 0 spiro atoms. The highest BCUT2D eigenvalue weighted by Gasteiger charge is 2.27. The highest BCUT2D eigenvalue weighted by molar-refractivity contribution is 7.99. The van der Waals surface area contributed by atoms with Gasteiger partial charge in [0.25, 0.3) is 0 Å². The van der Waals surface area contributed by atoms with E-state index in [0.717, 1.165) is 28.6 Å². The molecule has 1 N–H and O–H groups in total. The lowest BCUT2D eigenvalue weighted by molar-refractivity contribution is -0.136. The minimum absolute atomic E-state index is 0.127. The predicted molar refractivity (Wildman–Crippen MR) is 82.8 cm³/mol. The van der Waals surface area contributed by atoms with Gasteiger partial charge in [-0.1, -0.05) is 23.9 Å². The lowest BCUT2D eigenvalue weighted by atomic mass is 10.1. The van der Waals surface area contributed by atoms with E-state index in [1.54, 1.807) is 12.4 Å². The summed E-state index contributed by atoms with van der Waals surface area (Å²) in [6, 6.07) is 5.84. The van der Waals surface area contributed by atoms with Gasteiger partial charge in [0.1, 0.15) is 6.54 Å². The third kappa shape index (κ3) is 4.75. The Labute approximate surface area is 136 Å². The Morgan fingerprint density at radius 1 is 1.35 bits per heavy atom. The number of hydrogen-bond acceptors (Lipinski definition) is 3. The minimum atomic E-state index is -4.41. The molecule has 1 aromatic heterocycles. The second kappa shape index (κ2) is 7.08. The topological polar surface area (TPSA) is 46.9 Å². The molecule has 0 saturated heterocycles. The number of imidazole rings is 1. The molecule has 8 heteroatoms. The van der Waals surface area contributed by atoms with Crippen LogP contribution in [0.15, 0.2) is 35.7 Å². The summed E-state index contributed by atoms with van der Waals surface area (Å²) in [6.07, 6.45) is -1.05. The maximum atomic E-state index is 12.1. The van der Waals surface area contributed by atoms with Gasteiger partial charge >= 0.3 is 6.18 Å². The Bertz CT molecular complexity index is 698. The van der Waals surface area contributed by atoms with E-state index >= 15 is 0 Å². The molecular weight excluding hydrogens is 327 g/mol. The average molecular weight is 343 g/mol. The lowest BCUT2D eigenvalue weighted by Gasteiger charge is -2.12. The van der Waals surface area contributed by atoms with Gasteiger partial charge in [-0.05, 0) is 31.0 Å². The second-order valence-corrected chi connectivity index (χ2v) is 5.92. The van der Waals surface area contributed by atoms with Crippen LogP contribution in [0.3, 0.4) is 0 Å². The first-order chi connectivity index (χ1) is 10.8. The van der Waals surface area contributed by atoms with Crippen molar-refractivity contribution >= 4 is 17.7 Å². The maximum absolute atomic E-state index is 12.1. The average Bonchev–Trinajstić information content (AvgIpc) is 2.93. The Kier molecular flexibility index (Phi) is 5.35. The number of thioether (sulfide) groups is 1. The Hall–Kier alpha value is -1.96. The monoisotopic (exact) mass is 343 g/mol. The van der Waals surface area contributed by atoms with Crippen LogP contribution in [-0.4, -0.2) is 33.9 Å². The van der Waals surface area contributed by atoms with E-state index < -0.39 is 18.6 Å². The van der Waals surface area contributed by atoms with Crippen LogP contribution in [0.5, 0.6) is 0 Å². The molecule has 4 nitrogen and oxygen atoms in total. The lowest BCUT2D eigenvalue weighted by Crippen LogP contribution is -2.34. The van der Waals surface area contributed by atoms with Crippen LogP contribution in [0.2, 0.25) is 0 Å². The van der Waals surface area contributed by atoms with Gasteiger partial charge in [0.15, 0.2) is 5.16 Å². The van der Waals surface area contributed by atoms with Gasteiger partial charge in [-0.2, -0.15) is 13.2 Å². The van der Waals surface area contributed by atoms with Crippen molar-refractivity contribution in [3.05, 3.63) is 41.7 Å². The van der Waals surface area contributed by atoms with Gasteiger partial charge in [0, 0.05) is 12.4 Å². The van der Waals surface area contributed by atoms with Crippen molar-refractivity contribution in [1.82, 2.24) is 14.9 Å². The normalized spacial score (nSPS) is 11.5. The smallest absolute Gasteiger partial charge is 0.346 e. The number of alkyl halides is 3. The molecule has 0 aliphatic carbocycles. The van der Waals surface area contributed by atoms with Gasteiger partial charge in [0.2, 0.25) is 5.91 Å². The van der Waals surface area contributed by atoms with Gasteiger partial charge in [0.05, 0.1) is 11.4 Å². The highest BCUT2D eigenvalue weighted by Crippen LogP contribution is 2.24. The molecule has 1 heterocycles. The molecule has 2 aromatic rings. The third-order valence-electron chi connectivity index (χ3n) is 3.26. The van der Waals surface area contributed by atoms with Crippen LogP contribution in [0, 0.1) is 13.8 Å². The standard InChI is InChI=1S/C15H16F3N3OS/c1-10-4-3-5-12(11(10)2)21-7-6-19-14(21)23-8-13(22)20-9-15(16,17)18/h3-7H,8-9H2,1-2H3,(H,20,22). The number of aryl methyl sites for hydroxylation is 1. The number of carbonyl (C=O) groups is 1. The molecule has 0 aliphatic rings. The van der Waals surface area contributed by atoms with E-state index in [1.165, 1.54) is 0 Å². The molecule has 0 atom stereocenters. The van der Waals surface area contributed by atoms with Crippen LogP contribution in [-0.2, 0) is 4.79 Å². The van der Waals surface area contributed by atoms with Crippen molar-refractivity contribution in [1.29, 1.82) is 0 Å². The summed E-state index contributed by atoms with van der Waals surface area (Å²) >= 11 is 1.09. The first-order valence-corrected chi connectivity index (χ1v) is 7.82.